The van der Waals surface area contributed by atoms with Crippen LogP contribution in [0.5, 0.6) is 5.75 Å². The van der Waals surface area contributed by atoms with Crippen molar-refractivity contribution in [1.29, 1.82) is 5.26 Å². The van der Waals surface area contributed by atoms with Crippen LogP contribution in [0.15, 0.2) is 53.4 Å². The highest BCUT2D eigenvalue weighted by molar-refractivity contribution is 7.89. The van der Waals surface area contributed by atoms with Gasteiger partial charge in [-0.3, -0.25) is 0 Å². The number of benzene rings is 2. The average molecular weight is 326 g/mol. The Bertz CT molecular complexity index is 858. The van der Waals surface area contributed by atoms with Gasteiger partial charge in [0.25, 0.3) is 10.0 Å². The van der Waals surface area contributed by atoms with Crippen molar-refractivity contribution < 1.29 is 13.2 Å². The van der Waals surface area contributed by atoms with Crippen LogP contribution < -0.4 is 4.74 Å². The molecule has 6 heteroatoms. The molecule has 0 saturated heterocycles. The number of hydrogen-bond donors (Lipinski definition) is 0. The maximum atomic E-state index is 12.0. The van der Waals surface area contributed by atoms with E-state index in [-0.39, 0.29) is 11.5 Å². The smallest absolute Gasteiger partial charge is 0.270 e. The molecule has 0 aliphatic carbocycles. The van der Waals surface area contributed by atoms with Crippen LogP contribution in [-0.2, 0) is 16.6 Å². The van der Waals surface area contributed by atoms with Crippen LogP contribution in [-0.4, -0.2) is 19.8 Å². The van der Waals surface area contributed by atoms with E-state index in [1.54, 1.807) is 36.4 Å². The lowest BCUT2D eigenvalue weighted by Gasteiger charge is -2.12. The molecule has 0 spiro atoms. The largest absolute Gasteiger partial charge is 0.489 e. The van der Waals surface area contributed by atoms with E-state index >= 15 is 0 Å². The number of ether oxygens (including phenoxy) is 1. The molecule has 5 nitrogen and oxygen atoms in total. The number of sulfonamides is 1. The highest BCUT2D eigenvalue weighted by Crippen LogP contribution is 2.17. The van der Waals surface area contributed by atoms with Crippen molar-refractivity contribution in [3.8, 4) is 24.3 Å². The van der Waals surface area contributed by atoms with E-state index in [4.69, 9.17) is 16.4 Å². The minimum Gasteiger partial charge on any atom is -0.489 e. The van der Waals surface area contributed by atoms with Crippen LogP contribution in [0.2, 0.25) is 0 Å². The van der Waals surface area contributed by atoms with E-state index in [1.807, 2.05) is 6.07 Å². The van der Waals surface area contributed by atoms with Gasteiger partial charge >= 0.3 is 0 Å². The van der Waals surface area contributed by atoms with Crippen LogP contribution in [0, 0.1) is 23.8 Å². The van der Waals surface area contributed by atoms with E-state index in [0.29, 0.717) is 11.3 Å². The first-order chi connectivity index (χ1) is 11.0. The van der Waals surface area contributed by atoms with Gasteiger partial charge in [-0.15, -0.1) is 0 Å². The Hall–Kier alpha value is -2.96. The monoisotopic (exact) mass is 326 g/mol. The van der Waals surface area contributed by atoms with E-state index in [0.717, 1.165) is 9.87 Å². The van der Waals surface area contributed by atoms with E-state index in [2.05, 4.69) is 6.04 Å². The zero-order chi connectivity index (χ0) is 16.9. The number of nitrogens with zero attached hydrogens (tertiary/aromatic N) is 2. The number of nitriles is 1. The Balaban J connectivity index is 2.06. The Morgan fingerprint density at radius 3 is 2.26 bits per heavy atom. The minimum absolute atomic E-state index is 0.125. The predicted molar refractivity (Wildman–Crippen MR) is 85.7 cm³/mol. The van der Waals surface area contributed by atoms with Gasteiger partial charge < -0.3 is 4.74 Å². The molecule has 0 heterocycles. The second-order valence-corrected chi connectivity index (χ2v) is 6.64. The fourth-order valence-electron chi connectivity index (χ4n) is 1.78. The molecule has 2 aromatic carbocycles. The third-order valence-corrected chi connectivity index (χ3v) is 4.85. The first kappa shape index (κ1) is 16.4. The fraction of sp³-hybridized carbons (Fsp3) is 0.118. The van der Waals surface area contributed by atoms with Gasteiger partial charge in [0.2, 0.25) is 0 Å². The molecule has 0 aliphatic rings. The summed E-state index contributed by atoms with van der Waals surface area (Å²) in [5, 5.41) is 8.73. The molecule has 0 aliphatic heterocycles. The summed E-state index contributed by atoms with van der Waals surface area (Å²) < 4.78 is 30.5. The van der Waals surface area contributed by atoms with Crippen LogP contribution in [0.3, 0.4) is 0 Å². The van der Waals surface area contributed by atoms with Gasteiger partial charge in [-0.2, -0.15) is 5.26 Å². The summed E-state index contributed by atoms with van der Waals surface area (Å²) in [6.45, 7) is 0.289. The zero-order valence-corrected chi connectivity index (χ0v) is 13.2. The van der Waals surface area contributed by atoms with Crippen molar-refractivity contribution in [2.24, 2.45) is 0 Å². The molecule has 0 fully saturated rings. The van der Waals surface area contributed by atoms with Crippen molar-refractivity contribution in [2.75, 3.05) is 7.05 Å². The van der Waals surface area contributed by atoms with Gasteiger partial charge in [-0.25, -0.2) is 12.7 Å². The second kappa shape index (κ2) is 6.87. The highest BCUT2D eigenvalue weighted by Gasteiger charge is 2.17. The summed E-state index contributed by atoms with van der Waals surface area (Å²) in [6, 6.07) is 17.2. The first-order valence-corrected chi connectivity index (χ1v) is 8.08. The van der Waals surface area contributed by atoms with Gasteiger partial charge in [0.05, 0.1) is 16.5 Å². The number of hydrogen-bond acceptors (Lipinski definition) is 4. The summed E-state index contributed by atoms with van der Waals surface area (Å²) in [5.74, 6) is 0.632. The Kier molecular flexibility index (Phi) is 4.90. The van der Waals surface area contributed by atoms with Crippen LogP contribution in [0.25, 0.3) is 0 Å². The van der Waals surface area contributed by atoms with Crippen molar-refractivity contribution in [3.05, 3.63) is 59.7 Å². The zero-order valence-electron chi connectivity index (χ0n) is 12.4. The van der Waals surface area contributed by atoms with E-state index in [1.165, 1.54) is 19.2 Å². The molecule has 0 atom stereocenters. The third kappa shape index (κ3) is 3.82. The third-order valence-electron chi connectivity index (χ3n) is 3.15. The average Bonchev–Trinajstić information content (AvgIpc) is 2.60. The van der Waals surface area contributed by atoms with Gasteiger partial charge in [0.1, 0.15) is 12.4 Å². The molecule has 0 amide bonds. The molecule has 116 valence electrons. The summed E-state index contributed by atoms with van der Waals surface area (Å²) in [6.07, 6.45) is 5.11. The van der Waals surface area contributed by atoms with Crippen molar-refractivity contribution in [3.63, 3.8) is 0 Å². The molecule has 2 aromatic rings. The van der Waals surface area contributed by atoms with Gasteiger partial charge in [-0.05, 0) is 42.0 Å². The topological polar surface area (TPSA) is 70.4 Å². The van der Waals surface area contributed by atoms with Crippen molar-refractivity contribution in [1.82, 2.24) is 4.31 Å². The lowest BCUT2D eigenvalue weighted by atomic mass is 10.2. The molecule has 0 saturated carbocycles. The molecular formula is C17H14N2O3S. The lowest BCUT2D eigenvalue weighted by Crippen LogP contribution is -2.21. The number of rotatable bonds is 5. The number of terminal acetylenes is 1. The Morgan fingerprint density at radius 1 is 1.13 bits per heavy atom. The van der Waals surface area contributed by atoms with Crippen molar-refractivity contribution >= 4 is 10.0 Å². The molecule has 0 radical (unpaired) electrons. The summed E-state index contributed by atoms with van der Waals surface area (Å²) in [5.41, 5.74) is 1.38. The molecule has 0 unspecified atom stereocenters. The normalized spacial score (nSPS) is 10.4. The SMILES string of the molecule is C#CN(C)S(=O)(=O)c1ccc(COc2ccc(C#N)cc2)cc1. The summed E-state index contributed by atoms with van der Waals surface area (Å²) in [7, 11) is -2.34. The fourth-order valence-corrected chi connectivity index (χ4v) is 2.71. The van der Waals surface area contributed by atoms with Crippen molar-refractivity contribution in [2.45, 2.75) is 11.5 Å². The summed E-state index contributed by atoms with van der Waals surface area (Å²) >= 11 is 0. The molecule has 0 bridgehead atoms. The van der Waals surface area contributed by atoms with Crippen LogP contribution in [0.4, 0.5) is 0 Å². The van der Waals surface area contributed by atoms with Crippen LogP contribution >= 0.6 is 0 Å². The Morgan fingerprint density at radius 2 is 1.74 bits per heavy atom. The van der Waals surface area contributed by atoms with E-state index in [9.17, 15) is 8.42 Å². The molecule has 2 rings (SSSR count). The summed E-state index contributed by atoms with van der Waals surface area (Å²) in [4.78, 5) is 0.125. The predicted octanol–water partition coefficient (Wildman–Crippen LogP) is 2.35. The lowest BCUT2D eigenvalue weighted by molar-refractivity contribution is 0.306. The maximum absolute atomic E-state index is 12.0. The first-order valence-electron chi connectivity index (χ1n) is 6.64. The highest BCUT2D eigenvalue weighted by atomic mass is 32.2. The molecular weight excluding hydrogens is 312 g/mol. The molecule has 23 heavy (non-hydrogen) atoms. The van der Waals surface area contributed by atoms with Gasteiger partial charge in [-0.1, -0.05) is 18.6 Å². The van der Waals surface area contributed by atoms with Gasteiger partial charge in [0.15, 0.2) is 0 Å². The standard InChI is InChI=1S/C17H14N2O3S/c1-3-19(2)23(20,21)17-10-6-15(7-11-17)13-22-16-8-4-14(12-18)5-9-16/h1,4-11H,13H2,2H3. The Labute approximate surface area is 135 Å². The van der Waals surface area contributed by atoms with Gasteiger partial charge in [0, 0.05) is 13.1 Å². The maximum Gasteiger partial charge on any atom is 0.270 e. The molecule has 0 aromatic heterocycles. The quantitative estimate of drug-likeness (QED) is 0.625. The second-order valence-electron chi connectivity index (χ2n) is 4.67. The van der Waals surface area contributed by atoms with Crippen LogP contribution in [0.1, 0.15) is 11.1 Å². The molecule has 0 N–H and O–H groups in total. The van der Waals surface area contributed by atoms with E-state index < -0.39 is 10.0 Å². The minimum atomic E-state index is -3.65.